The Labute approximate surface area is 96.5 Å². The number of hydrazine groups is 1. The Balaban J connectivity index is 1.64. The van der Waals surface area contributed by atoms with Crippen molar-refractivity contribution in [2.75, 3.05) is 27.2 Å². The molecule has 16 heavy (non-hydrogen) atoms. The molecule has 5 nitrogen and oxygen atoms in total. The van der Waals surface area contributed by atoms with E-state index in [2.05, 4.69) is 0 Å². The highest BCUT2D eigenvalue weighted by atomic mass is 16.6. The lowest BCUT2D eigenvalue weighted by atomic mass is 9.76. The second kappa shape index (κ2) is 4.22. The molecule has 1 spiro atoms. The minimum absolute atomic E-state index is 0.220. The van der Waals surface area contributed by atoms with Gasteiger partial charge in [0.1, 0.15) is 6.61 Å². The number of nitrogens with two attached hydrogens (primary N) is 1. The molecule has 2 N–H and O–H groups in total. The number of likely N-dealkylation sites (N-methyl/N-ethyl adjacent to an activating group) is 1. The highest BCUT2D eigenvalue weighted by molar-refractivity contribution is 5.67. The largest absolute Gasteiger partial charge is 0.448 e. The molecular formula is C11H21N3O2. The summed E-state index contributed by atoms with van der Waals surface area (Å²) in [6.07, 6.45) is 4.81. The molecule has 2 aliphatic rings. The maximum Gasteiger partial charge on any atom is 0.409 e. The number of ether oxygens (including phenoxy) is 1. The van der Waals surface area contributed by atoms with Gasteiger partial charge in [-0.25, -0.2) is 9.80 Å². The summed E-state index contributed by atoms with van der Waals surface area (Å²) in [5.74, 6) is 5.42. The minimum atomic E-state index is -0.220. The summed E-state index contributed by atoms with van der Waals surface area (Å²) >= 11 is 0. The number of hydrogen-bond donors (Lipinski definition) is 1. The van der Waals surface area contributed by atoms with Crippen LogP contribution in [0.25, 0.3) is 0 Å². The SMILES string of the molecule is CN(N)CCOC(=O)N(C)C1CC2(CC2)C1. The molecule has 0 aromatic rings. The van der Waals surface area contributed by atoms with E-state index in [-0.39, 0.29) is 6.09 Å². The summed E-state index contributed by atoms with van der Waals surface area (Å²) < 4.78 is 5.13. The van der Waals surface area contributed by atoms with Crippen LogP contribution < -0.4 is 5.84 Å². The second-order valence-corrected chi connectivity index (χ2v) is 5.27. The second-order valence-electron chi connectivity index (χ2n) is 5.27. The summed E-state index contributed by atoms with van der Waals surface area (Å²) in [6.45, 7) is 0.919. The topological polar surface area (TPSA) is 58.8 Å². The van der Waals surface area contributed by atoms with Crippen molar-refractivity contribution >= 4 is 6.09 Å². The average Bonchev–Trinajstić information content (AvgIpc) is 2.93. The third kappa shape index (κ3) is 2.47. The lowest BCUT2D eigenvalue weighted by Crippen LogP contribution is -2.47. The van der Waals surface area contributed by atoms with Gasteiger partial charge in [-0.1, -0.05) is 0 Å². The summed E-state index contributed by atoms with van der Waals surface area (Å²) in [5, 5.41) is 1.51. The van der Waals surface area contributed by atoms with Crippen LogP contribution in [0.15, 0.2) is 0 Å². The van der Waals surface area contributed by atoms with Gasteiger partial charge in [-0.3, -0.25) is 5.84 Å². The molecule has 0 radical (unpaired) electrons. The molecule has 0 unspecified atom stereocenters. The van der Waals surface area contributed by atoms with E-state index in [1.54, 1.807) is 11.9 Å². The predicted octanol–water partition coefficient (Wildman–Crippen LogP) is 0.803. The van der Waals surface area contributed by atoms with Crippen LogP contribution in [0.1, 0.15) is 25.7 Å². The van der Waals surface area contributed by atoms with Crippen LogP contribution in [0.2, 0.25) is 0 Å². The van der Waals surface area contributed by atoms with Crippen molar-refractivity contribution in [3.8, 4) is 0 Å². The van der Waals surface area contributed by atoms with Crippen LogP contribution in [-0.4, -0.2) is 49.3 Å². The number of carbonyl (C=O) groups is 1. The summed E-state index contributed by atoms with van der Waals surface area (Å²) in [5.41, 5.74) is 0.622. The molecule has 2 aliphatic carbocycles. The van der Waals surface area contributed by atoms with Gasteiger partial charge in [-0.05, 0) is 31.1 Å². The Morgan fingerprint density at radius 3 is 2.56 bits per heavy atom. The highest BCUT2D eigenvalue weighted by Crippen LogP contribution is 2.61. The fraction of sp³-hybridized carbons (Fsp3) is 0.909. The van der Waals surface area contributed by atoms with Gasteiger partial charge in [0.25, 0.3) is 0 Å². The molecule has 0 aliphatic heterocycles. The van der Waals surface area contributed by atoms with Crippen LogP contribution in [0, 0.1) is 5.41 Å². The summed E-state index contributed by atoms with van der Waals surface area (Å²) in [7, 11) is 3.58. The first kappa shape index (κ1) is 11.7. The fourth-order valence-corrected chi connectivity index (χ4v) is 2.33. The molecule has 0 aromatic carbocycles. The maximum absolute atomic E-state index is 11.6. The number of carbonyl (C=O) groups excluding carboxylic acids is 1. The van der Waals surface area contributed by atoms with Crippen molar-refractivity contribution in [3.05, 3.63) is 0 Å². The van der Waals surface area contributed by atoms with Crippen molar-refractivity contribution in [2.45, 2.75) is 31.7 Å². The van der Waals surface area contributed by atoms with Crippen molar-refractivity contribution in [1.29, 1.82) is 0 Å². The molecule has 2 fully saturated rings. The van der Waals surface area contributed by atoms with Gasteiger partial charge in [0.15, 0.2) is 0 Å². The van der Waals surface area contributed by atoms with E-state index in [9.17, 15) is 4.79 Å². The zero-order valence-corrected chi connectivity index (χ0v) is 10.1. The smallest absolute Gasteiger partial charge is 0.409 e. The van der Waals surface area contributed by atoms with E-state index in [0.717, 1.165) is 12.8 Å². The van der Waals surface area contributed by atoms with Gasteiger partial charge in [0.05, 0.1) is 0 Å². The van der Waals surface area contributed by atoms with Gasteiger partial charge in [0.2, 0.25) is 0 Å². The maximum atomic E-state index is 11.6. The van der Waals surface area contributed by atoms with E-state index < -0.39 is 0 Å². The van der Waals surface area contributed by atoms with Crippen LogP contribution >= 0.6 is 0 Å². The summed E-state index contributed by atoms with van der Waals surface area (Å²) in [6, 6.07) is 0.394. The standard InChI is InChI=1S/C11H21N3O2/c1-13(12)5-6-16-10(15)14(2)9-7-11(8-9)3-4-11/h9H,3-8,12H2,1-2H3. The van der Waals surface area contributed by atoms with Crippen LogP contribution in [0.4, 0.5) is 4.79 Å². The molecule has 2 saturated carbocycles. The lowest BCUT2D eigenvalue weighted by Gasteiger charge is -2.41. The van der Waals surface area contributed by atoms with Gasteiger partial charge in [-0.15, -0.1) is 0 Å². The Morgan fingerprint density at radius 1 is 1.44 bits per heavy atom. The van der Waals surface area contributed by atoms with Gasteiger partial charge in [0, 0.05) is 26.7 Å². The Bertz CT molecular complexity index is 268. The van der Waals surface area contributed by atoms with Crippen molar-refractivity contribution in [2.24, 2.45) is 11.3 Å². The van der Waals surface area contributed by atoms with Crippen molar-refractivity contribution < 1.29 is 9.53 Å². The third-order valence-electron chi connectivity index (χ3n) is 3.80. The van der Waals surface area contributed by atoms with E-state index >= 15 is 0 Å². The molecule has 0 heterocycles. The first-order valence-electron chi connectivity index (χ1n) is 5.88. The van der Waals surface area contributed by atoms with E-state index in [1.165, 1.54) is 17.9 Å². The third-order valence-corrected chi connectivity index (χ3v) is 3.80. The molecule has 1 amide bonds. The molecule has 0 saturated heterocycles. The fourth-order valence-electron chi connectivity index (χ4n) is 2.33. The lowest BCUT2D eigenvalue weighted by molar-refractivity contribution is 0.0502. The van der Waals surface area contributed by atoms with Gasteiger partial charge < -0.3 is 9.64 Å². The van der Waals surface area contributed by atoms with Crippen LogP contribution in [0.5, 0.6) is 0 Å². The molecule has 2 rings (SSSR count). The monoisotopic (exact) mass is 227 g/mol. The van der Waals surface area contributed by atoms with E-state index in [1.807, 2.05) is 7.05 Å². The van der Waals surface area contributed by atoms with Crippen LogP contribution in [-0.2, 0) is 4.74 Å². The highest BCUT2D eigenvalue weighted by Gasteiger charge is 2.54. The molecule has 0 aromatic heterocycles. The first-order chi connectivity index (χ1) is 7.52. The molecule has 92 valence electrons. The van der Waals surface area contributed by atoms with Crippen molar-refractivity contribution in [3.63, 3.8) is 0 Å². The molecule has 0 bridgehead atoms. The molecular weight excluding hydrogens is 206 g/mol. The Hall–Kier alpha value is -0.810. The zero-order chi connectivity index (χ0) is 11.8. The number of rotatable bonds is 4. The number of hydrogen-bond acceptors (Lipinski definition) is 4. The first-order valence-corrected chi connectivity index (χ1v) is 5.88. The predicted molar refractivity (Wildman–Crippen MR) is 60.6 cm³/mol. The van der Waals surface area contributed by atoms with Gasteiger partial charge >= 0.3 is 6.09 Å². The zero-order valence-electron chi connectivity index (χ0n) is 10.1. The van der Waals surface area contributed by atoms with E-state index in [4.69, 9.17) is 10.6 Å². The average molecular weight is 227 g/mol. The Kier molecular flexibility index (Phi) is 3.08. The number of amides is 1. The van der Waals surface area contributed by atoms with E-state index in [0.29, 0.717) is 24.6 Å². The molecule has 5 heteroatoms. The number of nitrogens with zero attached hydrogens (tertiary/aromatic N) is 2. The minimum Gasteiger partial charge on any atom is -0.448 e. The van der Waals surface area contributed by atoms with Crippen molar-refractivity contribution in [1.82, 2.24) is 9.91 Å². The van der Waals surface area contributed by atoms with Gasteiger partial charge in [-0.2, -0.15) is 0 Å². The Morgan fingerprint density at radius 2 is 2.06 bits per heavy atom. The van der Waals surface area contributed by atoms with Crippen LogP contribution in [0.3, 0.4) is 0 Å². The molecule has 0 atom stereocenters. The summed E-state index contributed by atoms with van der Waals surface area (Å²) in [4.78, 5) is 13.4. The normalized spacial score (nSPS) is 22.0. The quantitative estimate of drug-likeness (QED) is 0.570.